The lowest BCUT2D eigenvalue weighted by atomic mass is 9.99. The van der Waals surface area contributed by atoms with Gasteiger partial charge in [0, 0.05) is 25.7 Å². The molecule has 0 saturated carbocycles. The largest absolute Gasteiger partial charge is 0.534 e. The average molecular weight is 540 g/mol. The van der Waals surface area contributed by atoms with Crippen molar-refractivity contribution in [1.82, 2.24) is 15.2 Å². The number of amides is 1. The predicted molar refractivity (Wildman–Crippen MR) is 132 cm³/mol. The van der Waals surface area contributed by atoms with Gasteiger partial charge in [0.1, 0.15) is 10.8 Å². The zero-order valence-corrected chi connectivity index (χ0v) is 20.8. The topological polar surface area (TPSA) is 88.6 Å². The maximum atomic E-state index is 12.6. The van der Waals surface area contributed by atoms with E-state index in [-0.39, 0.29) is 11.7 Å². The zero-order valence-electron chi connectivity index (χ0n) is 19.1. The van der Waals surface area contributed by atoms with Crippen LogP contribution in [-0.2, 0) is 27.9 Å². The summed E-state index contributed by atoms with van der Waals surface area (Å²) in [6, 6.07) is 12.0. The van der Waals surface area contributed by atoms with E-state index < -0.39 is 15.6 Å². The van der Waals surface area contributed by atoms with Crippen molar-refractivity contribution in [3.8, 4) is 5.75 Å². The van der Waals surface area contributed by atoms with Gasteiger partial charge in [0.05, 0.1) is 10.2 Å². The minimum absolute atomic E-state index is 0.192. The van der Waals surface area contributed by atoms with Crippen molar-refractivity contribution in [1.29, 1.82) is 0 Å². The highest BCUT2D eigenvalue weighted by Crippen LogP contribution is 2.30. The molecule has 36 heavy (non-hydrogen) atoms. The Labute approximate surface area is 210 Å². The normalized spacial score (nSPS) is 14.8. The number of unbranched alkanes of at least 4 members (excludes halogenated alkanes) is 1. The van der Waals surface area contributed by atoms with E-state index in [9.17, 15) is 26.4 Å². The minimum atomic E-state index is -5.70. The highest BCUT2D eigenvalue weighted by Gasteiger charge is 2.48. The van der Waals surface area contributed by atoms with E-state index in [0.29, 0.717) is 19.5 Å². The summed E-state index contributed by atoms with van der Waals surface area (Å²) in [6.45, 7) is 2.52. The number of halogens is 3. The molecule has 1 N–H and O–H groups in total. The molecule has 12 heteroatoms. The number of carbonyl (C=O) groups is 1. The van der Waals surface area contributed by atoms with Crippen molar-refractivity contribution in [3.05, 3.63) is 64.7 Å². The molecule has 1 amide bonds. The molecule has 0 unspecified atom stereocenters. The van der Waals surface area contributed by atoms with Gasteiger partial charge in [-0.25, -0.2) is 4.98 Å². The fraction of sp³-hybridized carbons (Fsp3) is 0.333. The molecule has 4 rings (SSSR count). The first-order valence-corrected chi connectivity index (χ1v) is 13.5. The van der Waals surface area contributed by atoms with Crippen molar-refractivity contribution in [3.63, 3.8) is 0 Å². The van der Waals surface area contributed by atoms with Crippen LogP contribution >= 0.6 is 11.3 Å². The molecule has 7 nitrogen and oxygen atoms in total. The van der Waals surface area contributed by atoms with Crippen LogP contribution in [0, 0.1) is 0 Å². The Bertz CT molecular complexity index is 1340. The number of benzene rings is 2. The SMILES string of the molecule is O=C(/C=C/c1nc2ccccc2s1)NCCCCN1CCc2ccc(OS(=O)(=O)C(F)(F)F)cc2C1. The van der Waals surface area contributed by atoms with Crippen LogP contribution in [0.3, 0.4) is 0 Å². The fourth-order valence-electron chi connectivity index (χ4n) is 3.85. The number of para-hydroxylation sites is 1. The van der Waals surface area contributed by atoms with Gasteiger partial charge in [-0.1, -0.05) is 18.2 Å². The summed E-state index contributed by atoms with van der Waals surface area (Å²) in [6.07, 6.45) is 5.45. The van der Waals surface area contributed by atoms with Crippen LogP contribution in [0.5, 0.6) is 5.75 Å². The van der Waals surface area contributed by atoms with Crippen molar-refractivity contribution < 1.29 is 30.6 Å². The highest BCUT2D eigenvalue weighted by molar-refractivity contribution is 7.88. The van der Waals surface area contributed by atoms with E-state index in [0.717, 1.165) is 52.3 Å². The van der Waals surface area contributed by atoms with E-state index in [4.69, 9.17) is 0 Å². The van der Waals surface area contributed by atoms with E-state index in [1.165, 1.54) is 29.5 Å². The van der Waals surface area contributed by atoms with Crippen LogP contribution in [0.4, 0.5) is 13.2 Å². The molecular weight excluding hydrogens is 515 g/mol. The third-order valence-electron chi connectivity index (χ3n) is 5.65. The molecule has 192 valence electrons. The fourth-order valence-corrected chi connectivity index (χ4v) is 5.17. The van der Waals surface area contributed by atoms with Crippen LogP contribution in [0.2, 0.25) is 0 Å². The molecule has 0 atom stereocenters. The van der Waals surface area contributed by atoms with Crippen LogP contribution in [-0.4, -0.2) is 49.4 Å². The Morgan fingerprint density at radius 1 is 1.17 bits per heavy atom. The smallest absolute Gasteiger partial charge is 0.376 e. The number of alkyl halides is 3. The van der Waals surface area contributed by atoms with E-state index >= 15 is 0 Å². The van der Waals surface area contributed by atoms with Crippen LogP contribution in [0.25, 0.3) is 16.3 Å². The van der Waals surface area contributed by atoms with E-state index in [1.807, 2.05) is 24.3 Å². The van der Waals surface area contributed by atoms with Crippen LogP contribution in [0.1, 0.15) is 29.0 Å². The Morgan fingerprint density at radius 3 is 2.75 bits per heavy atom. The summed E-state index contributed by atoms with van der Waals surface area (Å²) < 4.78 is 65.6. The second-order valence-electron chi connectivity index (χ2n) is 8.29. The molecule has 1 aliphatic rings. The van der Waals surface area contributed by atoms with Crippen molar-refractivity contribution >= 4 is 43.7 Å². The van der Waals surface area contributed by atoms with Crippen LogP contribution < -0.4 is 9.50 Å². The lowest BCUT2D eigenvalue weighted by Crippen LogP contribution is -2.32. The molecule has 0 spiro atoms. The van der Waals surface area contributed by atoms with Gasteiger partial charge >= 0.3 is 15.6 Å². The Morgan fingerprint density at radius 2 is 1.97 bits per heavy atom. The summed E-state index contributed by atoms with van der Waals surface area (Å²) in [5, 5.41) is 3.61. The first-order chi connectivity index (χ1) is 17.1. The molecule has 3 aromatic rings. The van der Waals surface area contributed by atoms with Gasteiger partial charge < -0.3 is 9.50 Å². The first-order valence-electron chi connectivity index (χ1n) is 11.3. The van der Waals surface area contributed by atoms with Gasteiger partial charge in [-0.05, 0) is 67.3 Å². The maximum absolute atomic E-state index is 12.6. The second-order valence-corrected chi connectivity index (χ2v) is 10.9. The number of fused-ring (bicyclic) bond motifs is 2. The molecule has 2 aromatic carbocycles. The third-order valence-corrected chi connectivity index (χ3v) is 7.63. The minimum Gasteiger partial charge on any atom is -0.376 e. The number of nitrogens with zero attached hydrogens (tertiary/aromatic N) is 2. The zero-order chi connectivity index (χ0) is 25.8. The number of aromatic nitrogens is 1. The Kier molecular flexibility index (Phi) is 7.96. The highest BCUT2D eigenvalue weighted by atomic mass is 32.2. The molecule has 0 saturated heterocycles. The molecule has 0 bridgehead atoms. The average Bonchev–Trinajstić information content (AvgIpc) is 3.24. The van der Waals surface area contributed by atoms with Crippen molar-refractivity contribution in [2.75, 3.05) is 19.6 Å². The molecule has 2 heterocycles. The van der Waals surface area contributed by atoms with Crippen molar-refractivity contribution in [2.24, 2.45) is 0 Å². The number of nitrogens with one attached hydrogen (secondary N) is 1. The predicted octanol–water partition coefficient (Wildman–Crippen LogP) is 4.49. The molecule has 0 radical (unpaired) electrons. The number of hydrogen-bond acceptors (Lipinski definition) is 7. The lowest BCUT2D eigenvalue weighted by Gasteiger charge is -2.29. The van der Waals surface area contributed by atoms with Gasteiger partial charge in [0.15, 0.2) is 0 Å². The summed E-state index contributed by atoms with van der Waals surface area (Å²) in [5.41, 5.74) is -2.88. The van der Waals surface area contributed by atoms with Gasteiger partial charge in [-0.3, -0.25) is 9.69 Å². The molecule has 1 aromatic heterocycles. The third kappa shape index (κ3) is 6.62. The van der Waals surface area contributed by atoms with E-state index in [2.05, 4.69) is 19.4 Å². The standard InChI is InChI=1S/C24H24F3N3O4S2/c25-24(26,27)36(32,33)34-19-8-7-17-11-14-30(16-18(17)15-19)13-4-3-12-28-22(31)9-10-23-29-20-5-1-2-6-21(20)35-23/h1-2,5-10,15H,3-4,11-14,16H2,(H,28,31)/b10-9+. The molecular formula is C24H24F3N3O4S2. The lowest BCUT2D eigenvalue weighted by molar-refractivity contribution is -0.116. The monoisotopic (exact) mass is 539 g/mol. The first kappa shape index (κ1) is 26.1. The van der Waals surface area contributed by atoms with Crippen molar-refractivity contribution in [2.45, 2.75) is 31.3 Å². The van der Waals surface area contributed by atoms with Gasteiger partial charge in [-0.15, -0.1) is 11.3 Å². The molecule has 0 fully saturated rings. The quantitative estimate of drug-likeness (QED) is 0.187. The summed E-state index contributed by atoms with van der Waals surface area (Å²) >= 11 is 1.52. The number of thiazole rings is 1. The second kappa shape index (κ2) is 11.0. The number of carbonyl (C=O) groups excluding carboxylic acids is 1. The summed E-state index contributed by atoms with van der Waals surface area (Å²) in [7, 11) is -5.70. The van der Waals surface area contributed by atoms with Crippen LogP contribution in [0.15, 0.2) is 48.5 Å². The molecule has 0 aliphatic carbocycles. The summed E-state index contributed by atoms with van der Waals surface area (Å²) in [4.78, 5) is 18.7. The van der Waals surface area contributed by atoms with E-state index in [1.54, 1.807) is 12.1 Å². The Hall–Kier alpha value is -2.96. The van der Waals surface area contributed by atoms with Gasteiger partial charge in [0.2, 0.25) is 5.91 Å². The molecule has 1 aliphatic heterocycles. The Balaban J connectivity index is 1.19. The number of hydrogen-bond donors (Lipinski definition) is 1. The van der Waals surface area contributed by atoms with Gasteiger partial charge in [0.25, 0.3) is 0 Å². The summed E-state index contributed by atoms with van der Waals surface area (Å²) in [5.74, 6) is -0.544. The number of rotatable bonds is 9. The van der Waals surface area contributed by atoms with Gasteiger partial charge in [-0.2, -0.15) is 21.6 Å². The maximum Gasteiger partial charge on any atom is 0.534 e.